The van der Waals surface area contributed by atoms with Gasteiger partial charge in [0.1, 0.15) is 19.3 Å². The highest BCUT2D eigenvalue weighted by molar-refractivity contribution is 7.47. The van der Waals surface area contributed by atoms with Crippen LogP contribution in [0, 0.1) is 17.8 Å². The Morgan fingerprint density at radius 2 is 0.474 bits per heavy atom. The van der Waals surface area contributed by atoms with Crippen LogP contribution in [0.4, 0.5) is 0 Å². The van der Waals surface area contributed by atoms with E-state index in [1.165, 1.54) is 205 Å². The van der Waals surface area contributed by atoms with Crippen molar-refractivity contribution in [3.63, 3.8) is 0 Å². The van der Waals surface area contributed by atoms with E-state index in [0.717, 1.165) is 108 Å². The predicted molar refractivity (Wildman–Crippen MR) is 395 cm³/mol. The third-order valence-electron chi connectivity index (χ3n) is 18.1. The van der Waals surface area contributed by atoms with E-state index in [0.29, 0.717) is 31.6 Å². The van der Waals surface area contributed by atoms with Crippen LogP contribution >= 0.6 is 15.6 Å². The Bertz CT molecular complexity index is 1890. The molecular formula is C78H152O17P2. The van der Waals surface area contributed by atoms with Crippen LogP contribution in [0.5, 0.6) is 0 Å². The molecule has 576 valence electrons. The maximum Gasteiger partial charge on any atom is 0.472 e. The fraction of sp³-hybridized carbons (Fsp3) is 0.949. The van der Waals surface area contributed by atoms with Gasteiger partial charge in [0, 0.05) is 25.7 Å². The van der Waals surface area contributed by atoms with Crippen molar-refractivity contribution >= 4 is 39.5 Å². The number of phosphoric ester groups is 2. The molecule has 17 nitrogen and oxygen atoms in total. The SMILES string of the molecule is CCCCCCCCCCCCCCCCC(=O)O[C@H](COC(=O)CCCCCCCCC(C)C)COP(=O)(O)OC[C@H](O)COP(=O)(O)OC[C@@H](COC(=O)CCCCCCCCCCCCCCC(C)C)OC(=O)CCCCCCCCCCCCCCCCCCC(C)C. The van der Waals surface area contributed by atoms with Crippen LogP contribution in [0.3, 0.4) is 0 Å². The lowest BCUT2D eigenvalue weighted by Gasteiger charge is -2.21. The molecule has 97 heavy (non-hydrogen) atoms. The Balaban J connectivity index is 5.23. The number of carbonyl (C=O) groups excluding carboxylic acids is 4. The minimum absolute atomic E-state index is 0.107. The van der Waals surface area contributed by atoms with Crippen LogP contribution in [0.15, 0.2) is 0 Å². The number of rotatable bonds is 76. The van der Waals surface area contributed by atoms with Gasteiger partial charge < -0.3 is 33.8 Å². The molecule has 2 unspecified atom stereocenters. The van der Waals surface area contributed by atoms with Crippen LogP contribution in [0.2, 0.25) is 0 Å². The summed E-state index contributed by atoms with van der Waals surface area (Å²) in [6.45, 7) is 11.9. The lowest BCUT2D eigenvalue weighted by molar-refractivity contribution is -0.161. The lowest BCUT2D eigenvalue weighted by Crippen LogP contribution is -2.30. The molecule has 5 atom stereocenters. The van der Waals surface area contributed by atoms with Crippen molar-refractivity contribution in [2.24, 2.45) is 17.8 Å². The van der Waals surface area contributed by atoms with Crippen LogP contribution in [0.1, 0.15) is 402 Å². The molecule has 0 aromatic carbocycles. The first-order valence-electron chi connectivity index (χ1n) is 40.3. The Labute approximate surface area is 594 Å². The molecule has 0 bridgehead atoms. The van der Waals surface area contributed by atoms with Gasteiger partial charge in [0.15, 0.2) is 12.2 Å². The molecule has 0 saturated carbocycles. The summed E-state index contributed by atoms with van der Waals surface area (Å²) in [6, 6.07) is 0. The van der Waals surface area contributed by atoms with Gasteiger partial charge in [-0.05, 0) is 43.4 Å². The highest BCUT2D eigenvalue weighted by atomic mass is 31.2. The predicted octanol–water partition coefficient (Wildman–Crippen LogP) is 23.0. The van der Waals surface area contributed by atoms with Crippen molar-refractivity contribution in [3.8, 4) is 0 Å². The van der Waals surface area contributed by atoms with E-state index >= 15 is 0 Å². The van der Waals surface area contributed by atoms with Crippen molar-refractivity contribution in [2.45, 2.75) is 420 Å². The molecule has 0 aromatic rings. The molecule has 0 aliphatic rings. The Hall–Kier alpha value is -1.94. The Kier molecular flexibility index (Phi) is 67.1. The number of ether oxygens (including phenoxy) is 4. The molecule has 0 spiro atoms. The van der Waals surface area contributed by atoms with Crippen LogP contribution in [0.25, 0.3) is 0 Å². The summed E-state index contributed by atoms with van der Waals surface area (Å²) in [6.07, 6.45) is 55.6. The molecule has 0 radical (unpaired) electrons. The van der Waals surface area contributed by atoms with Gasteiger partial charge in [-0.15, -0.1) is 0 Å². The smallest absolute Gasteiger partial charge is 0.462 e. The summed E-state index contributed by atoms with van der Waals surface area (Å²) in [5.41, 5.74) is 0. The summed E-state index contributed by atoms with van der Waals surface area (Å²) >= 11 is 0. The topological polar surface area (TPSA) is 237 Å². The van der Waals surface area contributed by atoms with Gasteiger partial charge >= 0.3 is 39.5 Å². The molecular weight excluding hydrogens is 1270 g/mol. The monoisotopic (exact) mass is 1420 g/mol. The second-order valence-corrected chi connectivity index (χ2v) is 32.4. The average Bonchev–Trinajstić information content (AvgIpc) is 1.11. The fourth-order valence-corrected chi connectivity index (χ4v) is 13.5. The van der Waals surface area contributed by atoms with Crippen molar-refractivity contribution in [3.05, 3.63) is 0 Å². The number of aliphatic hydroxyl groups is 1. The first kappa shape index (κ1) is 95.1. The third-order valence-corrected chi connectivity index (χ3v) is 20.0. The molecule has 3 N–H and O–H groups in total. The summed E-state index contributed by atoms with van der Waals surface area (Å²) in [5, 5.41) is 10.6. The maximum atomic E-state index is 13.1. The highest BCUT2D eigenvalue weighted by Crippen LogP contribution is 2.45. The van der Waals surface area contributed by atoms with Crippen molar-refractivity contribution < 1.29 is 80.2 Å². The summed E-state index contributed by atoms with van der Waals surface area (Å²) in [5.74, 6) is 0.155. The zero-order valence-electron chi connectivity index (χ0n) is 63.5. The summed E-state index contributed by atoms with van der Waals surface area (Å²) < 4.78 is 68.6. The first-order valence-corrected chi connectivity index (χ1v) is 43.3. The van der Waals surface area contributed by atoms with Gasteiger partial charge in [-0.2, -0.15) is 0 Å². The molecule has 0 aromatic heterocycles. The average molecular weight is 1420 g/mol. The molecule has 0 aliphatic carbocycles. The van der Waals surface area contributed by atoms with E-state index in [2.05, 4.69) is 48.5 Å². The van der Waals surface area contributed by atoms with Crippen LogP contribution < -0.4 is 0 Å². The summed E-state index contributed by atoms with van der Waals surface area (Å²) in [7, 11) is -9.91. The van der Waals surface area contributed by atoms with Gasteiger partial charge in [-0.25, -0.2) is 9.13 Å². The van der Waals surface area contributed by atoms with E-state index < -0.39 is 97.5 Å². The van der Waals surface area contributed by atoms with E-state index in [9.17, 15) is 43.2 Å². The number of esters is 4. The Morgan fingerprint density at radius 1 is 0.278 bits per heavy atom. The zero-order valence-corrected chi connectivity index (χ0v) is 65.3. The second-order valence-electron chi connectivity index (χ2n) is 29.5. The van der Waals surface area contributed by atoms with Crippen LogP contribution in [-0.2, 0) is 65.4 Å². The summed E-state index contributed by atoms with van der Waals surface area (Å²) in [4.78, 5) is 72.9. The number of phosphoric acid groups is 2. The van der Waals surface area contributed by atoms with Gasteiger partial charge in [0.2, 0.25) is 0 Å². The minimum atomic E-state index is -4.96. The van der Waals surface area contributed by atoms with Crippen molar-refractivity contribution in [1.82, 2.24) is 0 Å². The molecule has 0 amide bonds. The number of aliphatic hydroxyl groups excluding tert-OH is 1. The maximum absolute atomic E-state index is 13.1. The van der Waals surface area contributed by atoms with Crippen LogP contribution in [-0.4, -0.2) is 96.7 Å². The normalized spacial score (nSPS) is 14.0. The highest BCUT2D eigenvalue weighted by Gasteiger charge is 2.30. The van der Waals surface area contributed by atoms with E-state index in [-0.39, 0.29) is 25.7 Å². The standard InChI is InChI=1S/C78H152O17P2/c1-8-9-10-11-12-13-14-15-21-28-33-38-47-54-61-78(83)95-74(66-89-76(81)60-53-46-41-40-44-51-58-71(6)7)68-93-97(86,87)91-64-72(79)63-90-96(84,85)92-67-73(65-88-75(80)59-52-45-37-32-27-24-23-26-31-36-43-50-57-70(4)5)94-77(82)62-55-48-39-34-29-22-19-17-16-18-20-25-30-35-42-49-56-69(2)3/h69-74,79H,8-68H2,1-7H3,(H,84,85)(H,86,87)/t72-,73-,74-/m1/s1. The number of unbranched alkanes of at least 4 members (excludes halogenated alkanes) is 44. The minimum Gasteiger partial charge on any atom is -0.462 e. The first-order chi connectivity index (χ1) is 46.7. The Morgan fingerprint density at radius 3 is 0.701 bits per heavy atom. The zero-order chi connectivity index (χ0) is 71.6. The number of hydrogen-bond donors (Lipinski definition) is 3. The lowest BCUT2D eigenvalue weighted by atomic mass is 10.0. The van der Waals surface area contributed by atoms with E-state index in [1.54, 1.807) is 0 Å². The van der Waals surface area contributed by atoms with E-state index in [4.69, 9.17) is 37.0 Å². The van der Waals surface area contributed by atoms with Gasteiger partial charge in [-0.1, -0.05) is 350 Å². The largest absolute Gasteiger partial charge is 0.472 e. The quantitative estimate of drug-likeness (QED) is 0.0222. The molecule has 0 rings (SSSR count). The molecule has 19 heteroatoms. The van der Waals surface area contributed by atoms with Crippen molar-refractivity contribution in [2.75, 3.05) is 39.6 Å². The fourth-order valence-electron chi connectivity index (χ4n) is 12.0. The third kappa shape index (κ3) is 72.2. The van der Waals surface area contributed by atoms with Gasteiger partial charge in [0.05, 0.1) is 26.4 Å². The van der Waals surface area contributed by atoms with Gasteiger partial charge in [0.25, 0.3) is 0 Å². The second kappa shape index (κ2) is 68.5. The number of hydrogen-bond acceptors (Lipinski definition) is 15. The number of carbonyl (C=O) groups is 4. The van der Waals surface area contributed by atoms with Gasteiger partial charge in [-0.3, -0.25) is 37.3 Å². The molecule has 0 saturated heterocycles. The van der Waals surface area contributed by atoms with Crippen molar-refractivity contribution in [1.29, 1.82) is 0 Å². The molecule has 0 aliphatic heterocycles. The molecule has 0 fully saturated rings. The molecule has 0 heterocycles. The van der Waals surface area contributed by atoms with E-state index in [1.807, 2.05) is 0 Å².